The van der Waals surface area contributed by atoms with E-state index in [1.807, 2.05) is 13.1 Å². The van der Waals surface area contributed by atoms with E-state index >= 15 is 0 Å². The van der Waals surface area contributed by atoms with Crippen LogP contribution in [0, 0.1) is 0 Å². The van der Waals surface area contributed by atoms with Crippen molar-refractivity contribution in [1.29, 1.82) is 0 Å². The van der Waals surface area contributed by atoms with Gasteiger partial charge in [-0.1, -0.05) is 12.1 Å². The van der Waals surface area contributed by atoms with E-state index < -0.39 is 10.0 Å². The Bertz CT molecular complexity index is 854. The van der Waals surface area contributed by atoms with Crippen molar-refractivity contribution in [3.63, 3.8) is 0 Å². The van der Waals surface area contributed by atoms with Gasteiger partial charge in [-0.3, -0.25) is 4.72 Å². The highest BCUT2D eigenvalue weighted by Gasteiger charge is 2.16. The van der Waals surface area contributed by atoms with Gasteiger partial charge in [0.2, 0.25) is 0 Å². The Balaban J connectivity index is 1.93. The van der Waals surface area contributed by atoms with Crippen LogP contribution in [0.4, 0.5) is 5.69 Å². The third-order valence-electron chi connectivity index (χ3n) is 2.85. The molecule has 0 saturated carbocycles. The lowest BCUT2D eigenvalue weighted by Crippen LogP contribution is -2.13. The first-order chi connectivity index (χ1) is 10.1. The number of hydrogen-bond donors (Lipinski definition) is 2. The van der Waals surface area contributed by atoms with Crippen LogP contribution in [0.2, 0.25) is 0 Å². The molecule has 2 aromatic heterocycles. The van der Waals surface area contributed by atoms with Crippen molar-refractivity contribution in [3.05, 3.63) is 43.1 Å². The smallest absolute Gasteiger partial charge is 0.278 e. The maximum Gasteiger partial charge on any atom is 0.278 e. The van der Waals surface area contributed by atoms with E-state index in [0.29, 0.717) is 11.5 Å². The molecule has 108 valence electrons. The molecule has 21 heavy (non-hydrogen) atoms. The van der Waals surface area contributed by atoms with Gasteiger partial charge in [-0.05, 0) is 12.1 Å². The normalized spacial score (nSPS) is 11.5. The van der Waals surface area contributed by atoms with Crippen LogP contribution in [0.25, 0.3) is 11.4 Å². The van der Waals surface area contributed by atoms with Crippen molar-refractivity contribution < 1.29 is 8.42 Å². The lowest BCUT2D eigenvalue weighted by atomic mass is 10.2. The van der Waals surface area contributed by atoms with Crippen molar-refractivity contribution in [2.45, 2.75) is 5.03 Å². The molecule has 3 rings (SSSR count). The summed E-state index contributed by atoms with van der Waals surface area (Å²) in [5.74, 6) is 0.651. The number of hydrogen-bond acceptors (Lipinski definition) is 5. The highest BCUT2D eigenvalue weighted by molar-refractivity contribution is 7.92. The lowest BCUT2D eigenvalue weighted by molar-refractivity contribution is 0.598. The highest BCUT2D eigenvalue weighted by atomic mass is 32.2. The molecular weight excluding hydrogens is 292 g/mol. The van der Waals surface area contributed by atoms with Crippen LogP contribution in [-0.4, -0.2) is 33.2 Å². The number of imidazole rings is 1. The van der Waals surface area contributed by atoms with Gasteiger partial charge < -0.3 is 9.55 Å². The molecule has 3 aromatic rings. The minimum Gasteiger partial charge on any atom is -0.334 e. The van der Waals surface area contributed by atoms with Gasteiger partial charge in [-0.2, -0.15) is 8.42 Å². The van der Waals surface area contributed by atoms with E-state index in [0.717, 1.165) is 5.56 Å². The number of H-pyrrole nitrogens is 1. The topological polar surface area (TPSA) is 106 Å². The molecule has 0 amide bonds. The van der Waals surface area contributed by atoms with E-state index in [2.05, 4.69) is 24.9 Å². The number of aryl methyl sites for hydroxylation is 1. The van der Waals surface area contributed by atoms with Crippen molar-refractivity contribution in [2.75, 3.05) is 4.72 Å². The number of aromatic nitrogens is 5. The van der Waals surface area contributed by atoms with Crippen molar-refractivity contribution >= 4 is 15.7 Å². The number of nitrogens with zero attached hydrogens (tertiary/aromatic N) is 4. The Morgan fingerprint density at radius 3 is 2.86 bits per heavy atom. The number of rotatable bonds is 4. The van der Waals surface area contributed by atoms with Crippen molar-refractivity contribution in [3.8, 4) is 11.4 Å². The summed E-state index contributed by atoms with van der Waals surface area (Å²) in [6.45, 7) is 0. The summed E-state index contributed by atoms with van der Waals surface area (Å²) >= 11 is 0. The van der Waals surface area contributed by atoms with Gasteiger partial charge in [-0.25, -0.2) is 4.98 Å². The summed E-state index contributed by atoms with van der Waals surface area (Å²) in [4.78, 5) is 6.26. The van der Waals surface area contributed by atoms with Gasteiger partial charge in [0.15, 0.2) is 10.9 Å². The summed E-state index contributed by atoms with van der Waals surface area (Å²) in [5, 5.41) is 7.80. The molecule has 0 bridgehead atoms. The third kappa shape index (κ3) is 2.63. The summed E-state index contributed by atoms with van der Waals surface area (Å²) in [5.41, 5.74) is 1.20. The monoisotopic (exact) mass is 304 g/mol. The Kier molecular flexibility index (Phi) is 3.18. The molecule has 0 fully saturated rings. The Morgan fingerprint density at radius 2 is 2.19 bits per heavy atom. The van der Waals surface area contributed by atoms with E-state index in [9.17, 15) is 8.42 Å². The largest absolute Gasteiger partial charge is 0.334 e. The Morgan fingerprint density at radius 1 is 1.33 bits per heavy atom. The molecule has 0 aliphatic carbocycles. The van der Waals surface area contributed by atoms with Crippen LogP contribution < -0.4 is 4.72 Å². The molecular formula is C12H12N6O2S. The summed E-state index contributed by atoms with van der Waals surface area (Å²) in [6.07, 6.45) is 4.14. The number of sulfonamides is 1. The molecule has 2 N–H and O–H groups in total. The van der Waals surface area contributed by atoms with Crippen LogP contribution in [-0.2, 0) is 17.1 Å². The molecule has 0 saturated heterocycles. The standard InChI is InChI=1S/C12H12N6O2S/c1-18-8-15-16-12(18)9-3-2-4-10(5-9)17-21(19,20)11-6-13-7-14-11/h2-8,17H,1H3,(H,13,14). The van der Waals surface area contributed by atoms with Gasteiger partial charge in [0, 0.05) is 18.3 Å². The highest BCUT2D eigenvalue weighted by Crippen LogP contribution is 2.21. The van der Waals surface area contributed by atoms with Gasteiger partial charge >= 0.3 is 0 Å². The number of aromatic amines is 1. The van der Waals surface area contributed by atoms with Gasteiger partial charge in [0.1, 0.15) is 6.33 Å². The first-order valence-corrected chi connectivity index (χ1v) is 7.50. The van der Waals surface area contributed by atoms with E-state index in [1.165, 1.54) is 12.5 Å². The molecule has 9 heteroatoms. The first-order valence-electron chi connectivity index (χ1n) is 6.02. The maximum absolute atomic E-state index is 12.1. The van der Waals surface area contributed by atoms with Crippen LogP contribution in [0.3, 0.4) is 0 Å². The second-order valence-electron chi connectivity index (χ2n) is 4.37. The zero-order valence-corrected chi connectivity index (χ0v) is 11.9. The first kappa shape index (κ1) is 13.3. The number of anilines is 1. The molecule has 1 aromatic carbocycles. The van der Waals surface area contributed by atoms with Gasteiger partial charge in [0.05, 0.1) is 12.5 Å². The van der Waals surface area contributed by atoms with Crippen LogP contribution in [0.5, 0.6) is 0 Å². The molecule has 0 aliphatic rings. The molecule has 8 nitrogen and oxygen atoms in total. The van der Waals surface area contributed by atoms with Gasteiger partial charge in [-0.15, -0.1) is 10.2 Å². The quantitative estimate of drug-likeness (QED) is 0.748. The predicted octanol–water partition coefficient (Wildman–Crippen LogP) is 1.01. The summed E-state index contributed by atoms with van der Waals surface area (Å²) < 4.78 is 28.5. The fourth-order valence-electron chi connectivity index (χ4n) is 1.87. The number of nitrogens with one attached hydrogen (secondary N) is 2. The van der Waals surface area contributed by atoms with E-state index in [-0.39, 0.29) is 5.03 Å². The Hall–Kier alpha value is -2.68. The van der Waals surface area contributed by atoms with E-state index in [1.54, 1.807) is 29.1 Å². The van der Waals surface area contributed by atoms with Gasteiger partial charge in [0.25, 0.3) is 10.0 Å². The van der Waals surface area contributed by atoms with Crippen LogP contribution in [0.1, 0.15) is 0 Å². The SMILES string of the molecule is Cn1cnnc1-c1cccc(NS(=O)(=O)c2cnc[nH]2)c1. The van der Waals surface area contributed by atoms with E-state index in [4.69, 9.17) is 0 Å². The minimum atomic E-state index is -3.68. The minimum absolute atomic E-state index is 0.00608. The zero-order chi connectivity index (χ0) is 14.9. The van der Waals surface area contributed by atoms with Crippen LogP contribution in [0.15, 0.2) is 48.1 Å². The fourth-order valence-corrected chi connectivity index (χ4v) is 2.82. The third-order valence-corrected chi connectivity index (χ3v) is 4.15. The second-order valence-corrected chi connectivity index (χ2v) is 6.02. The molecule has 2 heterocycles. The van der Waals surface area contributed by atoms with Crippen molar-refractivity contribution in [2.24, 2.45) is 7.05 Å². The lowest BCUT2D eigenvalue weighted by Gasteiger charge is -2.07. The summed E-state index contributed by atoms with van der Waals surface area (Å²) in [6, 6.07) is 6.93. The Labute approximate surface area is 120 Å². The zero-order valence-electron chi connectivity index (χ0n) is 11.1. The molecule has 0 aliphatic heterocycles. The number of benzene rings is 1. The average Bonchev–Trinajstić information content (AvgIpc) is 3.09. The molecule has 0 unspecified atom stereocenters. The second kappa shape index (κ2) is 5.02. The maximum atomic E-state index is 12.1. The average molecular weight is 304 g/mol. The summed E-state index contributed by atoms with van der Waals surface area (Å²) in [7, 11) is -1.86. The predicted molar refractivity (Wildman–Crippen MR) is 75.8 cm³/mol. The molecule has 0 atom stereocenters. The molecule has 0 radical (unpaired) electrons. The van der Waals surface area contributed by atoms with Crippen LogP contribution >= 0.6 is 0 Å². The molecule has 0 spiro atoms. The van der Waals surface area contributed by atoms with Crippen molar-refractivity contribution in [1.82, 2.24) is 24.7 Å². The fraction of sp³-hybridized carbons (Fsp3) is 0.0833.